The van der Waals surface area contributed by atoms with Crippen molar-refractivity contribution in [2.75, 3.05) is 26.7 Å². The number of piperidine rings is 2. The number of H-pyrrole nitrogens is 1. The van der Waals surface area contributed by atoms with Crippen LogP contribution in [0.15, 0.2) is 12.3 Å². The largest absolute Gasteiger partial charge is 0.337 e. The summed E-state index contributed by atoms with van der Waals surface area (Å²) in [6, 6.07) is 2.48. The first-order valence-electron chi connectivity index (χ1n) is 7.74. The van der Waals surface area contributed by atoms with Gasteiger partial charge in [-0.15, -0.1) is 0 Å². The van der Waals surface area contributed by atoms with Gasteiger partial charge in [0.05, 0.1) is 0 Å². The maximum atomic E-state index is 12.3. The van der Waals surface area contributed by atoms with Gasteiger partial charge in [-0.1, -0.05) is 6.42 Å². The van der Waals surface area contributed by atoms with Crippen molar-refractivity contribution in [3.05, 3.63) is 18.0 Å². The summed E-state index contributed by atoms with van der Waals surface area (Å²) in [6.07, 6.45) is 7.93. The van der Waals surface area contributed by atoms with Crippen LogP contribution in [0.1, 0.15) is 42.6 Å². The summed E-state index contributed by atoms with van der Waals surface area (Å²) in [5.41, 5.74) is 0.609. The summed E-state index contributed by atoms with van der Waals surface area (Å²) < 4.78 is 0. The number of nitrogens with one attached hydrogen (secondary N) is 1. The van der Waals surface area contributed by atoms with Gasteiger partial charge in [-0.05, 0) is 51.3 Å². The highest BCUT2D eigenvalue weighted by atomic mass is 16.2. The van der Waals surface area contributed by atoms with Crippen LogP contribution >= 0.6 is 0 Å². The second kappa shape index (κ2) is 5.95. The SMILES string of the molecule is CN1CCCCC1C1CCN(C(=O)c2ccn[nH]2)CC1. The Morgan fingerprint density at radius 2 is 2.05 bits per heavy atom. The lowest BCUT2D eigenvalue weighted by Gasteiger charge is -2.42. The van der Waals surface area contributed by atoms with Crippen LogP contribution in [-0.4, -0.2) is 58.6 Å². The minimum Gasteiger partial charge on any atom is -0.337 e. The van der Waals surface area contributed by atoms with Gasteiger partial charge in [0.2, 0.25) is 0 Å². The first-order chi connectivity index (χ1) is 9.75. The topological polar surface area (TPSA) is 52.2 Å². The average Bonchev–Trinajstić information content (AvgIpc) is 3.01. The molecule has 1 N–H and O–H groups in total. The molecule has 0 saturated carbocycles. The molecule has 0 spiro atoms. The van der Waals surface area contributed by atoms with Gasteiger partial charge in [0, 0.05) is 25.3 Å². The van der Waals surface area contributed by atoms with Gasteiger partial charge in [-0.3, -0.25) is 9.89 Å². The highest BCUT2D eigenvalue weighted by Gasteiger charge is 2.32. The number of hydrogen-bond donors (Lipinski definition) is 1. The molecule has 5 nitrogen and oxygen atoms in total. The zero-order valence-electron chi connectivity index (χ0n) is 12.2. The van der Waals surface area contributed by atoms with Crippen molar-refractivity contribution in [2.24, 2.45) is 5.92 Å². The molecule has 2 aliphatic rings. The molecule has 1 atom stereocenters. The van der Waals surface area contributed by atoms with E-state index in [1.807, 2.05) is 4.90 Å². The molecule has 110 valence electrons. The molecular formula is C15H24N4O. The minimum absolute atomic E-state index is 0.0953. The maximum absolute atomic E-state index is 12.3. The molecule has 2 saturated heterocycles. The highest BCUT2D eigenvalue weighted by molar-refractivity contribution is 5.92. The van der Waals surface area contributed by atoms with E-state index in [0.29, 0.717) is 5.69 Å². The lowest BCUT2D eigenvalue weighted by atomic mass is 9.84. The van der Waals surface area contributed by atoms with Crippen molar-refractivity contribution in [3.8, 4) is 0 Å². The summed E-state index contributed by atoms with van der Waals surface area (Å²) >= 11 is 0. The number of rotatable bonds is 2. The molecule has 1 aromatic rings. The summed E-state index contributed by atoms with van der Waals surface area (Å²) in [7, 11) is 2.26. The first-order valence-corrected chi connectivity index (χ1v) is 7.74. The standard InChI is InChI=1S/C15H24N4O/c1-18-9-3-2-4-14(18)12-6-10-19(11-7-12)15(20)13-5-8-16-17-13/h5,8,12,14H,2-4,6-7,9-11H2,1H3,(H,16,17). The molecule has 3 heterocycles. The highest BCUT2D eigenvalue weighted by Crippen LogP contribution is 2.29. The van der Waals surface area contributed by atoms with Gasteiger partial charge in [-0.2, -0.15) is 5.10 Å². The van der Waals surface area contributed by atoms with E-state index in [0.717, 1.165) is 37.9 Å². The van der Waals surface area contributed by atoms with Gasteiger partial charge in [0.1, 0.15) is 5.69 Å². The molecule has 1 unspecified atom stereocenters. The van der Waals surface area contributed by atoms with Crippen molar-refractivity contribution in [1.82, 2.24) is 20.0 Å². The number of amides is 1. The number of carbonyl (C=O) groups excluding carboxylic acids is 1. The van der Waals surface area contributed by atoms with Crippen molar-refractivity contribution in [1.29, 1.82) is 0 Å². The summed E-state index contributed by atoms with van der Waals surface area (Å²) in [5, 5.41) is 6.62. The van der Waals surface area contributed by atoms with E-state index in [2.05, 4.69) is 22.1 Å². The molecular weight excluding hydrogens is 252 g/mol. The number of hydrogen-bond acceptors (Lipinski definition) is 3. The quantitative estimate of drug-likeness (QED) is 0.895. The summed E-state index contributed by atoms with van der Waals surface area (Å²) in [6.45, 7) is 3.00. The number of aromatic amines is 1. The van der Waals surface area contributed by atoms with Gasteiger partial charge < -0.3 is 9.80 Å². The Morgan fingerprint density at radius 1 is 1.25 bits per heavy atom. The molecule has 2 aliphatic heterocycles. The zero-order chi connectivity index (χ0) is 13.9. The molecule has 0 bridgehead atoms. The fraction of sp³-hybridized carbons (Fsp3) is 0.733. The van der Waals surface area contributed by atoms with Crippen LogP contribution in [0.3, 0.4) is 0 Å². The zero-order valence-corrected chi connectivity index (χ0v) is 12.2. The second-order valence-corrected chi connectivity index (χ2v) is 6.14. The Balaban J connectivity index is 1.55. The molecule has 20 heavy (non-hydrogen) atoms. The first kappa shape index (κ1) is 13.6. The Morgan fingerprint density at radius 3 is 2.70 bits per heavy atom. The van der Waals surface area contributed by atoms with Crippen LogP contribution < -0.4 is 0 Å². The van der Waals surface area contributed by atoms with Crippen molar-refractivity contribution in [2.45, 2.75) is 38.1 Å². The predicted molar refractivity (Wildman–Crippen MR) is 77.5 cm³/mol. The molecule has 5 heteroatoms. The molecule has 0 aromatic carbocycles. The van der Waals surface area contributed by atoms with Crippen molar-refractivity contribution >= 4 is 5.91 Å². The van der Waals surface area contributed by atoms with Crippen LogP contribution in [-0.2, 0) is 0 Å². The number of carbonyl (C=O) groups is 1. The Hall–Kier alpha value is -1.36. The monoisotopic (exact) mass is 276 g/mol. The van der Waals surface area contributed by atoms with E-state index in [1.54, 1.807) is 12.3 Å². The number of likely N-dealkylation sites (tertiary alicyclic amines) is 2. The summed E-state index contributed by atoms with van der Waals surface area (Å²) in [4.78, 5) is 16.7. The molecule has 0 radical (unpaired) electrons. The molecule has 2 fully saturated rings. The van der Waals surface area contributed by atoms with Crippen molar-refractivity contribution < 1.29 is 4.79 Å². The second-order valence-electron chi connectivity index (χ2n) is 6.14. The van der Waals surface area contributed by atoms with Crippen molar-refractivity contribution in [3.63, 3.8) is 0 Å². The normalized spacial score (nSPS) is 25.9. The number of aromatic nitrogens is 2. The van der Waals surface area contributed by atoms with E-state index in [4.69, 9.17) is 0 Å². The van der Waals surface area contributed by atoms with E-state index < -0.39 is 0 Å². The third-order valence-corrected chi connectivity index (χ3v) is 4.93. The van der Waals surface area contributed by atoms with Crippen LogP contribution in [0.25, 0.3) is 0 Å². The minimum atomic E-state index is 0.0953. The van der Waals surface area contributed by atoms with E-state index in [9.17, 15) is 4.79 Å². The van der Waals surface area contributed by atoms with Gasteiger partial charge in [0.15, 0.2) is 0 Å². The van der Waals surface area contributed by atoms with Crippen LogP contribution in [0.4, 0.5) is 0 Å². The predicted octanol–water partition coefficient (Wildman–Crippen LogP) is 1.75. The Labute approximate surface area is 120 Å². The fourth-order valence-electron chi connectivity index (χ4n) is 3.73. The third-order valence-electron chi connectivity index (χ3n) is 4.93. The van der Waals surface area contributed by atoms with E-state index in [-0.39, 0.29) is 5.91 Å². The van der Waals surface area contributed by atoms with Gasteiger partial charge >= 0.3 is 0 Å². The Kier molecular flexibility index (Phi) is 4.05. The third kappa shape index (κ3) is 2.73. The molecule has 0 aliphatic carbocycles. The summed E-state index contributed by atoms with van der Waals surface area (Å²) in [5.74, 6) is 0.851. The average molecular weight is 276 g/mol. The molecule has 3 rings (SSSR count). The van der Waals surface area contributed by atoms with Crippen LogP contribution in [0.5, 0.6) is 0 Å². The lowest BCUT2D eigenvalue weighted by molar-refractivity contribution is 0.0550. The van der Waals surface area contributed by atoms with Gasteiger partial charge in [-0.25, -0.2) is 0 Å². The Bertz CT molecular complexity index is 437. The fourth-order valence-corrected chi connectivity index (χ4v) is 3.73. The van der Waals surface area contributed by atoms with Crippen LogP contribution in [0.2, 0.25) is 0 Å². The maximum Gasteiger partial charge on any atom is 0.271 e. The van der Waals surface area contributed by atoms with Gasteiger partial charge in [0.25, 0.3) is 5.91 Å². The van der Waals surface area contributed by atoms with Crippen LogP contribution in [0, 0.1) is 5.92 Å². The number of nitrogens with zero attached hydrogens (tertiary/aromatic N) is 3. The lowest BCUT2D eigenvalue weighted by Crippen LogP contribution is -2.47. The van der Waals surface area contributed by atoms with E-state index in [1.165, 1.54) is 25.8 Å². The molecule has 1 amide bonds. The smallest absolute Gasteiger partial charge is 0.271 e. The molecule has 1 aromatic heterocycles. The van der Waals surface area contributed by atoms with E-state index >= 15 is 0 Å².